The highest BCUT2D eigenvalue weighted by Gasteiger charge is 2.45. The Balaban J connectivity index is 2.09. The van der Waals surface area contributed by atoms with Crippen molar-refractivity contribution in [3.8, 4) is 0 Å². The second kappa shape index (κ2) is 6.17. The first-order valence-corrected chi connectivity index (χ1v) is 8.91. The summed E-state index contributed by atoms with van der Waals surface area (Å²) in [4.78, 5) is 27.7. The van der Waals surface area contributed by atoms with Crippen LogP contribution in [0.25, 0.3) is 22.1 Å². The number of nitrogen functional groups attached to an aromatic ring is 1. The molecule has 1 saturated heterocycles. The van der Waals surface area contributed by atoms with E-state index < -0.39 is 36.7 Å². The fourth-order valence-electron chi connectivity index (χ4n) is 3.18. The average Bonchev–Trinajstić information content (AvgIpc) is 3.11. The van der Waals surface area contributed by atoms with Crippen molar-refractivity contribution in [3.05, 3.63) is 16.7 Å². The van der Waals surface area contributed by atoms with E-state index in [2.05, 4.69) is 19.9 Å². The normalized spacial score (nSPS) is 26.2. The van der Waals surface area contributed by atoms with Crippen LogP contribution in [0.4, 0.5) is 5.82 Å². The van der Waals surface area contributed by atoms with Gasteiger partial charge >= 0.3 is 0 Å². The van der Waals surface area contributed by atoms with Crippen molar-refractivity contribution in [3.63, 3.8) is 0 Å². The molecule has 4 unspecified atom stereocenters. The lowest BCUT2D eigenvalue weighted by atomic mass is 10.1. The molecule has 138 valence electrons. The van der Waals surface area contributed by atoms with Gasteiger partial charge in [-0.2, -0.15) is 0 Å². The Labute approximate surface area is 149 Å². The maximum Gasteiger partial charge on any atom is 0.261 e. The van der Waals surface area contributed by atoms with Crippen molar-refractivity contribution in [2.45, 2.75) is 29.7 Å². The molecule has 4 atom stereocenters. The molecule has 0 saturated carbocycles. The minimum atomic E-state index is -1.36. The number of aromatic amines is 1. The fraction of sp³-hybridized carbons (Fsp3) is 0.429. The van der Waals surface area contributed by atoms with E-state index in [0.717, 1.165) is 0 Å². The van der Waals surface area contributed by atoms with E-state index >= 15 is 0 Å². The van der Waals surface area contributed by atoms with Gasteiger partial charge in [-0.15, -0.1) is 0 Å². The standard InChI is InChI=1S/C14H16N6O5S/c1-26-14-18-11-6(12(24)19-14)5-9(15)16-3-17-10(5)20(11)13-8(23)7(22)4(2-21)25-13/h3-4,7-8,13,21-23H,2H2,1H3,(H2,15,16,17)(H,18,19,24). The highest BCUT2D eigenvalue weighted by molar-refractivity contribution is 7.98. The number of nitrogens with two attached hydrogens (primary N) is 1. The molecule has 1 fully saturated rings. The molecule has 1 aliphatic rings. The minimum Gasteiger partial charge on any atom is -0.394 e. The lowest BCUT2D eigenvalue weighted by Gasteiger charge is -2.18. The number of fused-ring (bicyclic) bond motifs is 3. The minimum absolute atomic E-state index is 0.0784. The lowest BCUT2D eigenvalue weighted by Crippen LogP contribution is -2.33. The summed E-state index contributed by atoms with van der Waals surface area (Å²) in [5, 5.41) is 30.6. The van der Waals surface area contributed by atoms with Gasteiger partial charge in [0.05, 0.1) is 17.4 Å². The van der Waals surface area contributed by atoms with E-state index in [9.17, 15) is 20.1 Å². The number of nitrogens with zero attached hydrogens (tertiary/aromatic N) is 4. The van der Waals surface area contributed by atoms with E-state index in [1.165, 1.54) is 22.7 Å². The van der Waals surface area contributed by atoms with Crippen molar-refractivity contribution in [2.75, 3.05) is 18.6 Å². The molecule has 4 rings (SSSR count). The molecule has 0 aromatic carbocycles. The zero-order chi connectivity index (χ0) is 18.6. The summed E-state index contributed by atoms with van der Waals surface area (Å²) in [6, 6.07) is 0. The molecule has 0 amide bonds. The Morgan fingerprint density at radius 2 is 2.08 bits per heavy atom. The highest BCUT2D eigenvalue weighted by atomic mass is 32.2. The average molecular weight is 380 g/mol. The largest absolute Gasteiger partial charge is 0.394 e. The van der Waals surface area contributed by atoms with Gasteiger partial charge in [0.1, 0.15) is 36.1 Å². The monoisotopic (exact) mass is 380 g/mol. The predicted molar refractivity (Wildman–Crippen MR) is 92.7 cm³/mol. The van der Waals surface area contributed by atoms with Crippen LogP contribution in [0.15, 0.2) is 16.3 Å². The summed E-state index contributed by atoms with van der Waals surface area (Å²) in [7, 11) is 0. The zero-order valence-corrected chi connectivity index (χ0v) is 14.3. The number of hydrogen-bond donors (Lipinski definition) is 5. The third-order valence-corrected chi connectivity index (χ3v) is 4.99. The van der Waals surface area contributed by atoms with Crippen LogP contribution in [-0.2, 0) is 4.74 Å². The first kappa shape index (κ1) is 17.2. The van der Waals surface area contributed by atoms with Gasteiger partial charge in [-0.3, -0.25) is 9.36 Å². The van der Waals surface area contributed by atoms with Gasteiger partial charge in [-0.25, -0.2) is 15.0 Å². The number of aliphatic hydroxyl groups is 3. The summed E-state index contributed by atoms with van der Waals surface area (Å²) in [6.45, 7) is -0.479. The molecule has 0 aliphatic carbocycles. The van der Waals surface area contributed by atoms with Crippen LogP contribution in [0.5, 0.6) is 0 Å². The number of H-pyrrole nitrogens is 1. The smallest absolute Gasteiger partial charge is 0.261 e. The van der Waals surface area contributed by atoms with Crippen molar-refractivity contribution in [2.24, 2.45) is 0 Å². The molecule has 1 aliphatic heterocycles. The molecule has 6 N–H and O–H groups in total. The SMILES string of the molecule is CSc1nc2c(c(=O)[nH]1)c1c(N)ncnc1n2C1OC(CO)C(O)C1O. The zero-order valence-electron chi connectivity index (χ0n) is 13.5. The Hall–Kier alpha value is -2.25. The Morgan fingerprint density at radius 3 is 2.73 bits per heavy atom. The van der Waals surface area contributed by atoms with Crippen LogP contribution in [-0.4, -0.2) is 71.0 Å². The number of thioether (sulfide) groups is 1. The molecule has 0 radical (unpaired) electrons. The topological polar surface area (TPSA) is 172 Å². The highest BCUT2D eigenvalue weighted by Crippen LogP contribution is 2.37. The van der Waals surface area contributed by atoms with Crippen molar-refractivity contribution in [1.29, 1.82) is 0 Å². The molecule has 3 aromatic rings. The maximum atomic E-state index is 12.6. The molecule has 26 heavy (non-hydrogen) atoms. The van der Waals surface area contributed by atoms with Gasteiger partial charge in [0.15, 0.2) is 17.0 Å². The lowest BCUT2D eigenvalue weighted by molar-refractivity contribution is -0.0492. The summed E-state index contributed by atoms with van der Waals surface area (Å²) in [5.74, 6) is 0.0784. The van der Waals surface area contributed by atoms with Crippen LogP contribution in [0.1, 0.15) is 6.23 Å². The first-order valence-electron chi connectivity index (χ1n) is 7.68. The van der Waals surface area contributed by atoms with E-state index in [1.54, 1.807) is 6.26 Å². The summed E-state index contributed by atoms with van der Waals surface area (Å²) >= 11 is 1.23. The van der Waals surface area contributed by atoms with E-state index in [1.807, 2.05) is 0 Å². The Morgan fingerprint density at radius 1 is 1.31 bits per heavy atom. The van der Waals surface area contributed by atoms with Gasteiger partial charge in [0.25, 0.3) is 5.56 Å². The molecule has 11 nitrogen and oxygen atoms in total. The molecule has 4 heterocycles. The van der Waals surface area contributed by atoms with Crippen LogP contribution in [0, 0.1) is 0 Å². The molecular formula is C14H16N6O5S. The van der Waals surface area contributed by atoms with E-state index in [-0.39, 0.29) is 27.9 Å². The Bertz CT molecular complexity index is 1050. The van der Waals surface area contributed by atoms with E-state index in [0.29, 0.717) is 5.16 Å². The molecule has 3 aromatic heterocycles. The van der Waals surface area contributed by atoms with Gasteiger partial charge in [-0.05, 0) is 6.26 Å². The quantitative estimate of drug-likeness (QED) is 0.268. The number of nitrogens with one attached hydrogen (secondary N) is 1. The van der Waals surface area contributed by atoms with Crippen LogP contribution < -0.4 is 11.3 Å². The summed E-state index contributed by atoms with van der Waals surface area (Å²) in [5.41, 5.74) is 5.94. The number of aromatic nitrogens is 5. The van der Waals surface area contributed by atoms with Gasteiger partial charge < -0.3 is 30.8 Å². The third-order valence-electron chi connectivity index (χ3n) is 4.41. The first-order chi connectivity index (χ1) is 12.5. The molecule has 0 bridgehead atoms. The molecule has 0 spiro atoms. The Kier molecular flexibility index (Phi) is 4.08. The van der Waals surface area contributed by atoms with Crippen LogP contribution in [0.3, 0.4) is 0 Å². The van der Waals surface area contributed by atoms with Gasteiger partial charge in [-0.1, -0.05) is 11.8 Å². The van der Waals surface area contributed by atoms with E-state index in [4.69, 9.17) is 10.5 Å². The summed E-state index contributed by atoms with van der Waals surface area (Å²) in [6.07, 6.45) is -1.79. The van der Waals surface area contributed by atoms with Crippen LogP contribution in [0.2, 0.25) is 0 Å². The third kappa shape index (κ3) is 2.30. The second-order valence-electron chi connectivity index (χ2n) is 5.83. The van der Waals surface area contributed by atoms with Gasteiger partial charge in [0.2, 0.25) is 0 Å². The summed E-state index contributed by atoms with van der Waals surface area (Å²) < 4.78 is 7.01. The second-order valence-corrected chi connectivity index (χ2v) is 6.63. The van der Waals surface area contributed by atoms with Crippen molar-refractivity contribution >= 4 is 39.6 Å². The maximum absolute atomic E-state index is 12.6. The number of aliphatic hydroxyl groups excluding tert-OH is 3. The molecule has 12 heteroatoms. The predicted octanol–water partition coefficient (Wildman–Crippen LogP) is -1.42. The number of rotatable bonds is 3. The number of ether oxygens (including phenoxy) is 1. The number of hydrogen-bond acceptors (Lipinski definition) is 10. The fourth-order valence-corrected chi connectivity index (χ4v) is 3.56. The van der Waals surface area contributed by atoms with Crippen molar-refractivity contribution < 1.29 is 20.1 Å². The molecular weight excluding hydrogens is 364 g/mol. The van der Waals surface area contributed by atoms with Crippen LogP contribution >= 0.6 is 11.8 Å². The van der Waals surface area contributed by atoms with Crippen molar-refractivity contribution in [1.82, 2.24) is 24.5 Å². The number of anilines is 1. The van der Waals surface area contributed by atoms with Gasteiger partial charge in [0, 0.05) is 0 Å².